The maximum absolute atomic E-state index is 11.3. The second-order valence-electron chi connectivity index (χ2n) is 4.19. The zero-order valence-corrected chi connectivity index (χ0v) is 11.5. The Balaban J connectivity index is 0.000000444. The number of nitrogens with zero attached hydrogens (tertiary/aromatic N) is 2. The van der Waals surface area contributed by atoms with E-state index in [4.69, 9.17) is 10.00 Å². The van der Waals surface area contributed by atoms with Crippen LogP contribution in [-0.4, -0.2) is 17.7 Å². The van der Waals surface area contributed by atoms with Gasteiger partial charge in [0.2, 0.25) is 0 Å². The molecule has 0 atom stereocenters. The first-order valence-corrected chi connectivity index (χ1v) is 5.89. The van der Waals surface area contributed by atoms with Gasteiger partial charge in [0, 0.05) is 6.92 Å². The highest BCUT2D eigenvalue weighted by Crippen LogP contribution is 2.15. The molecule has 0 saturated heterocycles. The largest absolute Gasteiger partial charge is 0.407 e. The third kappa shape index (κ3) is 4.86. The summed E-state index contributed by atoms with van der Waals surface area (Å²) in [6.07, 6.45) is 1.62. The molecule has 0 fully saturated rings. The van der Waals surface area contributed by atoms with Crippen molar-refractivity contribution in [2.45, 2.75) is 20.8 Å². The minimum Gasteiger partial charge on any atom is -0.407 e. The highest BCUT2D eigenvalue weighted by atomic mass is 16.6. The van der Waals surface area contributed by atoms with Crippen LogP contribution in [-0.2, 0) is 14.3 Å². The number of ketones is 1. The smallest absolute Gasteiger partial charge is 0.363 e. The summed E-state index contributed by atoms with van der Waals surface area (Å²) in [5.74, 6) is 0.0757. The van der Waals surface area contributed by atoms with E-state index in [0.717, 1.165) is 5.56 Å². The Morgan fingerprint density at radius 1 is 1.30 bits per heavy atom. The van der Waals surface area contributed by atoms with Crippen LogP contribution in [0.25, 0.3) is 6.08 Å². The van der Waals surface area contributed by atoms with Gasteiger partial charge in [-0.15, -0.1) is 0 Å². The molecule has 0 N–H and O–H groups in total. The van der Waals surface area contributed by atoms with Gasteiger partial charge in [-0.1, -0.05) is 12.1 Å². The van der Waals surface area contributed by atoms with Crippen LogP contribution in [0.3, 0.4) is 0 Å². The van der Waals surface area contributed by atoms with Crippen molar-refractivity contribution in [1.29, 1.82) is 5.26 Å². The first-order chi connectivity index (χ1) is 9.42. The number of Topliss-reactive ketones (excluding diaryl/α,β-unsaturated/α-hetero) is 1. The van der Waals surface area contributed by atoms with E-state index in [0.29, 0.717) is 11.5 Å². The second-order valence-corrected chi connectivity index (χ2v) is 4.19. The molecule has 0 amide bonds. The van der Waals surface area contributed by atoms with E-state index in [2.05, 4.69) is 4.99 Å². The van der Waals surface area contributed by atoms with Gasteiger partial charge in [-0.25, -0.2) is 9.79 Å². The van der Waals surface area contributed by atoms with Gasteiger partial charge in [-0.2, -0.15) is 5.26 Å². The molecule has 0 aromatic heterocycles. The maximum atomic E-state index is 11.3. The van der Waals surface area contributed by atoms with Crippen LogP contribution in [0.15, 0.2) is 35.0 Å². The molecule has 0 spiro atoms. The molecule has 0 aliphatic carbocycles. The molecule has 1 aromatic rings. The zero-order valence-electron chi connectivity index (χ0n) is 11.5. The van der Waals surface area contributed by atoms with Crippen LogP contribution < -0.4 is 0 Å². The van der Waals surface area contributed by atoms with Crippen molar-refractivity contribution in [1.82, 2.24) is 0 Å². The zero-order chi connectivity index (χ0) is 15.1. The van der Waals surface area contributed by atoms with Gasteiger partial charge in [-0.05, 0) is 37.6 Å². The molecule has 5 nitrogen and oxygen atoms in total. The van der Waals surface area contributed by atoms with E-state index in [-0.39, 0.29) is 11.5 Å². The van der Waals surface area contributed by atoms with Crippen LogP contribution in [0.2, 0.25) is 0 Å². The van der Waals surface area contributed by atoms with Crippen LogP contribution in [0.4, 0.5) is 0 Å². The average molecular weight is 270 g/mol. The Labute approximate surface area is 117 Å². The minimum atomic E-state index is -0.443. The standard InChI is InChI=1S/C12H8N2O2.C3H6O/c1-8-14-11(12(15)16-8)6-9-2-4-10(7-13)5-3-9;1-3(2)4/h2-6H,1H3;1-2H3. The summed E-state index contributed by atoms with van der Waals surface area (Å²) in [6, 6.07) is 8.90. The molecule has 0 unspecified atom stereocenters. The Morgan fingerprint density at radius 3 is 2.25 bits per heavy atom. The highest BCUT2D eigenvalue weighted by Gasteiger charge is 2.19. The van der Waals surface area contributed by atoms with Gasteiger partial charge in [0.25, 0.3) is 0 Å². The van der Waals surface area contributed by atoms with Gasteiger partial charge in [0.05, 0.1) is 11.6 Å². The number of carbonyl (C=O) groups is 2. The van der Waals surface area contributed by atoms with Crippen molar-refractivity contribution in [3.05, 3.63) is 41.1 Å². The number of esters is 1. The van der Waals surface area contributed by atoms with E-state index >= 15 is 0 Å². The second kappa shape index (κ2) is 7.00. The molecule has 20 heavy (non-hydrogen) atoms. The summed E-state index contributed by atoms with van der Waals surface area (Å²) in [6.45, 7) is 4.68. The number of cyclic esters (lactones) is 1. The maximum Gasteiger partial charge on any atom is 0.363 e. The van der Waals surface area contributed by atoms with Crippen molar-refractivity contribution < 1.29 is 14.3 Å². The normalized spacial score (nSPS) is 14.8. The molecule has 0 radical (unpaired) electrons. The lowest BCUT2D eigenvalue weighted by molar-refractivity contribution is -0.130. The van der Waals surface area contributed by atoms with Crippen molar-refractivity contribution in [2.75, 3.05) is 0 Å². The number of ether oxygens (including phenoxy) is 1. The summed E-state index contributed by atoms with van der Waals surface area (Å²) in [5.41, 5.74) is 1.67. The molecule has 2 rings (SSSR count). The molecular formula is C15H14N2O3. The first kappa shape index (κ1) is 15.3. The molecule has 0 saturated carbocycles. The van der Waals surface area contributed by atoms with Gasteiger partial charge in [0.1, 0.15) is 5.78 Å². The SMILES string of the molecule is CC(C)=O.CC1=NC(=Cc2ccc(C#N)cc2)C(=O)O1. The Bertz CT molecular complexity index is 616. The van der Waals surface area contributed by atoms with E-state index in [1.54, 1.807) is 37.3 Å². The van der Waals surface area contributed by atoms with Crippen LogP contribution in [0, 0.1) is 11.3 Å². The number of aliphatic imine (C=N–C) groups is 1. The van der Waals surface area contributed by atoms with Gasteiger partial charge >= 0.3 is 5.97 Å². The van der Waals surface area contributed by atoms with Crippen molar-refractivity contribution >= 4 is 23.7 Å². The van der Waals surface area contributed by atoms with E-state index < -0.39 is 5.97 Å². The molecule has 1 heterocycles. The predicted octanol–water partition coefficient (Wildman–Crippen LogP) is 2.47. The topological polar surface area (TPSA) is 79.5 Å². The third-order valence-corrected chi connectivity index (χ3v) is 2.07. The van der Waals surface area contributed by atoms with Crippen molar-refractivity contribution in [3.63, 3.8) is 0 Å². The fourth-order valence-electron chi connectivity index (χ4n) is 1.33. The molecule has 5 heteroatoms. The fourth-order valence-corrected chi connectivity index (χ4v) is 1.33. The molecule has 1 aliphatic heterocycles. The van der Waals surface area contributed by atoms with Crippen LogP contribution >= 0.6 is 0 Å². The predicted molar refractivity (Wildman–Crippen MR) is 74.7 cm³/mol. The van der Waals surface area contributed by atoms with Gasteiger partial charge < -0.3 is 9.53 Å². The van der Waals surface area contributed by atoms with E-state index in [1.807, 2.05) is 6.07 Å². The summed E-state index contributed by atoms with van der Waals surface area (Å²) in [5, 5.41) is 8.63. The summed E-state index contributed by atoms with van der Waals surface area (Å²) in [7, 11) is 0. The first-order valence-electron chi connectivity index (χ1n) is 5.89. The Morgan fingerprint density at radius 2 is 1.85 bits per heavy atom. The molecular weight excluding hydrogens is 256 g/mol. The molecule has 102 valence electrons. The quantitative estimate of drug-likeness (QED) is 0.580. The number of benzene rings is 1. The number of hydrogen-bond acceptors (Lipinski definition) is 5. The number of nitriles is 1. The van der Waals surface area contributed by atoms with E-state index in [1.165, 1.54) is 13.8 Å². The molecule has 1 aliphatic rings. The summed E-state index contributed by atoms with van der Waals surface area (Å²) in [4.78, 5) is 24.6. The lowest BCUT2D eigenvalue weighted by Gasteiger charge is -1.94. The Kier molecular flexibility index (Phi) is 5.36. The average Bonchev–Trinajstić information content (AvgIpc) is 2.68. The number of carbonyl (C=O) groups excluding carboxylic acids is 2. The summed E-state index contributed by atoms with van der Waals surface area (Å²) >= 11 is 0. The number of hydrogen-bond donors (Lipinski definition) is 0. The number of rotatable bonds is 1. The monoisotopic (exact) mass is 270 g/mol. The van der Waals surface area contributed by atoms with Crippen molar-refractivity contribution in [3.8, 4) is 6.07 Å². The lowest BCUT2D eigenvalue weighted by atomic mass is 10.1. The molecule has 0 bridgehead atoms. The van der Waals surface area contributed by atoms with Crippen LogP contribution in [0.5, 0.6) is 0 Å². The van der Waals surface area contributed by atoms with Crippen molar-refractivity contribution in [2.24, 2.45) is 4.99 Å². The molecule has 1 aromatic carbocycles. The minimum absolute atomic E-state index is 0.167. The highest BCUT2D eigenvalue weighted by molar-refractivity contribution is 6.06. The van der Waals surface area contributed by atoms with Gasteiger partial charge in [0.15, 0.2) is 11.6 Å². The van der Waals surface area contributed by atoms with Gasteiger partial charge in [-0.3, -0.25) is 0 Å². The Hall–Kier alpha value is -2.74. The fraction of sp³-hybridized carbons (Fsp3) is 0.200. The third-order valence-electron chi connectivity index (χ3n) is 2.07. The van der Waals surface area contributed by atoms with E-state index in [9.17, 15) is 9.59 Å². The lowest BCUT2D eigenvalue weighted by Crippen LogP contribution is -1.99. The van der Waals surface area contributed by atoms with Crippen LogP contribution in [0.1, 0.15) is 31.9 Å². The summed E-state index contributed by atoms with van der Waals surface area (Å²) < 4.78 is 4.78.